The molecule has 196 valence electrons. The summed E-state index contributed by atoms with van der Waals surface area (Å²) in [5.41, 5.74) is 7.70. The lowest BCUT2D eigenvalue weighted by molar-refractivity contribution is -0.139. The molecule has 0 amide bonds. The zero-order valence-corrected chi connectivity index (χ0v) is 22.2. The molecule has 36 heavy (non-hydrogen) atoms. The van der Waals surface area contributed by atoms with Gasteiger partial charge in [0.05, 0.1) is 37.9 Å². The molecule has 0 fully saturated rings. The fourth-order valence-corrected chi connectivity index (χ4v) is 3.87. The van der Waals surface area contributed by atoms with Crippen LogP contribution in [-0.2, 0) is 23.7 Å². The molecular formula is C28H38N2O5S. The molecule has 2 aromatic rings. The van der Waals surface area contributed by atoms with Crippen LogP contribution in [0.15, 0.2) is 42.5 Å². The molecule has 0 radical (unpaired) electrons. The number of anilines is 1. The maximum Gasteiger partial charge on any atom is 0.330 e. The van der Waals surface area contributed by atoms with Crippen LogP contribution in [0.5, 0.6) is 0 Å². The van der Waals surface area contributed by atoms with Crippen LogP contribution in [0.4, 0.5) is 5.69 Å². The monoisotopic (exact) mass is 514 g/mol. The molecule has 0 saturated carbocycles. The fraction of sp³-hybridized carbons (Fsp3) is 0.464. The van der Waals surface area contributed by atoms with Crippen molar-refractivity contribution in [3.63, 3.8) is 0 Å². The number of hydrogen-bond acceptors (Lipinski definition) is 8. The van der Waals surface area contributed by atoms with E-state index in [-0.39, 0.29) is 6.61 Å². The highest BCUT2D eigenvalue weighted by atomic mass is 32.1. The molecule has 0 aliphatic heterocycles. The Bertz CT molecular complexity index is 962. The van der Waals surface area contributed by atoms with Crippen molar-refractivity contribution < 1.29 is 23.7 Å². The minimum atomic E-state index is -0.402. The number of nitrogens with two attached hydrogens (primary N) is 1. The summed E-state index contributed by atoms with van der Waals surface area (Å²) >= 11 is 1.53. The molecule has 0 spiro atoms. The first-order valence-electron chi connectivity index (χ1n) is 12.2. The topological polar surface area (TPSA) is 83.2 Å². The number of ether oxygens (including phenoxy) is 4. The quantitative estimate of drug-likeness (QED) is 0.148. The maximum absolute atomic E-state index is 11.9. The Morgan fingerprint density at radius 3 is 2.39 bits per heavy atom. The van der Waals surface area contributed by atoms with Crippen LogP contribution >= 0.6 is 11.3 Å². The number of carbonyl (C=O) groups is 1. The Hall–Kier alpha value is -2.67. The third-order valence-corrected chi connectivity index (χ3v) is 6.09. The van der Waals surface area contributed by atoms with Gasteiger partial charge in [-0.1, -0.05) is 18.3 Å². The van der Waals surface area contributed by atoms with Gasteiger partial charge in [-0.3, -0.25) is 0 Å². The average molecular weight is 515 g/mol. The number of methoxy groups -OCH3 is 1. The van der Waals surface area contributed by atoms with E-state index in [9.17, 15) is 4.79 Å². The number of carbonyl (C=O) groups excluding carboxylic acids is 1. The Balaban J connectivity index is 1.69. The average Bonchev–Trinajstić information content (AvgIpc) is 3.36. The molecule has 0 bridgehead atoms. The van der Waals surface area contributed by atoms with E-state index in [4.69, 9.17) is 24.7 Å². The van der Waals surface area contributed by atoms with Gasteiger partial charge in [0.25, 0.3) is 0 Å². The molecular weight excluding hydrogens is 476 g/mol. The number of nitrogens with zero attached hydrogens (tertiary/aromatic N) is 1. The van der Waals surface area contributed by atoms with E-state index in [0.717, 1.165) is 47.7 Å². The number of esters is 1. The number of hydrogen-bond donors (Lipinski definition) is 1. The highest BCUT2D eigenvalue weighted by molar-refractivity contribution is 7.13. The number of thiophene rings is 1. The largest absolute Gasteiger partial charge is 0.460 e. The van der Waals surface area contributed by atoms with E-state index in [1.165, 1.54) is 23.1 Å². The first kappa shape index (κ1) is 29.6. The van der Waals surface area contributed by atoms with Gasteiger partial charge in [0.15, 0.2) is 0 Å². The third kappa shape index (κ3) is 12.9. The summed E-state index contributed by atoms with van der Waals surface area (Å²) in [4.78, 5) is 16.0. The summed E-state index contributed by atoms with van der Waals surface area (Å²) in [5.74, 6) is 6.00. The summed E-state index contributed by atoms with van der Waals surface area (Å²) in [6.07, 6.45) is 6.53. The smallest absolute Gasteiger partial charge is 0.330 e. The normalized spacial score (nSPS) is 10.9. The van der Waals surface area contributed by atoms with Crippen LogP contribution in [0.2, 0.25) is 0 Å². The van der Waals surface area contributed by atoms with Crippen molar-refractivity contribution in [3.05, 3.63) is 57.8 Å². The first-order valence-corrected chi connectivity index (χ1v) is 13.1. The molecule has 2 rings (SSSR count). The van der Waals surface area contributed by atoms with Crippen molar-refractivity contribution in [2.45, 2.75) is 19.3 Å². The lowest BCUT2D eigenvalue weighted by atomic mass is 10.2. The van der Waals surface area contributed by atoms with Crippen molar-refractivity contribution in [3.8, 4) is 11.8 Å². The van der Waals surface area contributed by atoms with Crippen LogP contribution in [0.1, 0.15) is 34.6 Å². The minimum Gasteiger partial charge on any atom is -0.460 e. The Morgan fingerprint density at radius 2 is 1.67 bits per heavy atom. The first-order chi connectivity index (χ1) is 17.6. The van der Waals surface area contributed by atoms with Crippen LogP contribution < -0.4 is 10.6 Å². The second kappa shape index (κ2) is 18.6. The van der Waals surface area contributed by atoms with Gasteiger partial charge in [-0.15, -0.1) is 11.3 Å². The molecule has 0 aliphatic rings. The van der Waals surface area contributed by atoms with Crippen molar-refractivity contribution in [1.29, 1.82) is 0 Å². The van der Waals surface area contributed by atoms with E-state index >= 15 is 0 Å². The SMILES string of the molecule is COCCOCCOCCOC(=O)/C=C/c1ccc(C#Cc2ccc(N(C)CCCCCN)cc2)s1. The van der Waals surface area contributed by atoms with Gasteiger partial charge >= 0.3 is 5.97 Å². The Kier molecular flexibility index (Phi) is 15.3. The number of unbranched alkanes of at least 4 members (excludes halogenated alkanes) is 2. The summed E-state index contributed by atoms with van der Waals surface area (Å²) in [6.45, 7) is 4.34. The van der Waals surface area contributed by atoms with Gasteiger partial charge in [-0.25, -0.2) is 4.79 Å². The van der Waals surface area contributed by atoms with Gasteiger partial charge in [0, 0.05) is 42.9 Å². The highest BCUT2D eigenvalue weighted by Gasteiger charge is 2.01. The van der Waals surface area contributed by atoms with Crippen LogP contribution in [0, 0.1) is 11.8 Å². The van der Waals surface area contributed by atoms with E-state index < -0.39 is 5.97 Å². The summed E-state index contributed by atoms with van der Waals surface area (Å²) in [6, 6.07) is 12.2. The Labute approximate surface area is 219 Å². The minimum absolute atomic E-state index is 0.200. The lowest BCUT2D eigenvalue weighted by Crippen LogP contribution is -2.18. The number of rotatable bonds is 17. The zero-order chi connectivity index (χ0) is 25.8. The van der Waals surface area contributed by atoms with Crippen LogP contribution in [0.25, 0.3) is 6.08 Å². The second-order valence-electron chi connectivity index (χ2n) is 7.99. The van der Waals surface area contributed by atoms with Crippen molar-refractivity contribution in [2.75, 3.05) is 71.8 Å². The van der Waals surface area contributed by atoms with Crippen molar-refractivity contribution in [1.82, 2.24) is 0 Å². The molecule has 8 heteroatoms. The maximum atomic E-state index is 11.9. The van der Waals surface area contributed by atoms with Crippen LogP contribution in [0.3, 0.4) is 0 Å². The summed E-state index contributed by atoms with van der Waals surface area (Å²) in [7, 11) is 3.73. The zero-order valence-electron chi connectivity index (χ0n) is 21.4. The molecule has 0 saturated heterocycles. The second-order valence-corrected chi connectivity index (χ2v) is 9.10. The summed E-state index contributed by atoms with van der Waals surface area (Å²) < 4.78 is 20.7. The van der Waals surface area contributed by atoms with Gasteiger partial charge in [-0.2, -0.15) is 0 Å². The van der Waals surface area contributed by atoms with Gasteiger partial charge in [0.1, 0.15) is 6.61 Å². The predicted octanol–water partition coefficient (Wildman–Crippen LogP) is 3.95. The molecule has 0 atom stereocenters. The fourth-order valence-electron chi connectivity index (χ4n) is 3.11. The van der Waals surface area contributed by atoms with Gasteiger partial charge in [-0.05, 0) is 61.9 Å². The highest BCUT2D eigenvalue weighted by Crippen LogP contribution is 2.18. The predicted molar refractivity (Wildman–Crippen MR) is 146 cm³/mol. The van der Waals surface area contributed by atoms with E-state index in [0.29, 0.717) is 33.0 Å². The molecule has 7 nitrogen and oxygen atoms in total. The van der Waals surface area contributed by atoms with E-state index in [1.807, 2.05) is 24.3 Å². The van der Waals surface area contributed by atoms with Crippen LogP contribution in [-0.4, -0.2) is 72.9 Å². The number of benzene rings is 1. The molecule has 1 heterocycles. The van der Waals surface area contributed by atoms with Gasteiger partial charge < -0.3 is 29.6 Å². The molecule has 0 unspecified atom stereocenters. The Morgan fingerprint density at radius 1 is 0.944 bits per heavy atom. The van der Waals surface area contributed by atoms with E-state index in [2.05, 4.69) is 35.9 Å². The van der Waals surface area contributed by atoms with Crippen molar-refractivity contribution >= 4 is 29.1 Å². The third-order valence-electron chi connectivity index (χ3n) is 5.12. The van der Waals surface area contributed by atoms with E-state index in [1.54, 1.807) is 13.2 Å². The van der Waals surface area contributed by atoms with Crippen molar-refractivity contribution in [2.24, 2.45) is 5.73 Å². The molecule has 0 aliphatic carbocycles. The molecule has 1 aromatic heterocycles. The standard InChI is InChI=1S/C28H38N2O5S/c1-30(17-5-3-4-16-29)25-9-6-24(7-10-25)8-11-26-12-13-27(36-26)14-15-28(31)35-23-22-34-21-20-33-19-18-32-2/h6-7,9-10,12-15H,3-5,16-23,29H2,1-2H3/b15-14+. The lowest BCUT2D eigenvalue weighted by Gasteiger charge is -2.19. The van der Waals surface area contributed by atoms with Gasteiger partial charge in [0.2, 0.25) is 0 Å². The molecule has 2 N–H and O–H groups in total. The summed E-state index contributed by atoms with van der Waals surface area (Å²) in [5, 5.41) is 0. The molecule has 1 aromatic carbocycles.